The van der Waals surface area contributed by atoms with Gasteiger partial charge in [-0.2, -0.15) is 28.1 Å². The molecule has 0 aliphatic heterocycles. The van der Waals surface area contributed by atoms with Crippen LogP contribution in [0.1, 0.15) is 23.0 Å². The van der Waals surface area contributed by atoms with Crippen LogP contribution in [0.25, 0.3) is 16.9 Å². The Kier molecular flexibility index (Phi) is 6.20. The summed E-state index contributed by atoms with van der Waals surface area (Å²) in [6.07, 6.45) is -0.724. The van der Waals surface area contributed by atoms with Gasteiger partial charge in [0.15, 0.2) is 0 Å². The normalized spacial score (nSPS) is 12.6. The lowest BCUT2D eigenvalue weighted by atomic mass is 10.1. The zero-order valence-corrected chi connectivity index (χ0v) is 16.8. The van der Waals surface area contributed by atoms with Gasteiger partial charge < -0.3 is 10.1 Å². The number of aryl methyl sites for hydroxylation is 1. The second-order valence-electron chi connectivity index (χ2n) is 6.79. The fourth-order valence-corrected chi connectivity index (χ4v) is 2.80. The Hall–Kier alpha value is -3.54. The van der Waals surface area contributed by atoms with Gasteiger partial charge in [0.05, 0.1) is 24.7 Å². The van der Waals surface area contributed by atoms with E-state index < -0.39 is 23.3 Å². The Bertz CT molecular complexity index is 1140. The predicted molar refractivity (Wildman–Crippen MR) is 104 cm³/mol. The van der Waals surface area contributed by atoms with Crippen LogP contribution in [0, 0.1) is 0 Å². The number of nitrogens with zero attached hydrogens (tertiary/aromatic N) is 5. The maximum atomic E-state index is 12.9. The molecule has 3 aromatic rings. The number of pyridine rings is 1. The molecule has 0 bridgehead atoms. The number of carbonyl (C=O) groups excluding carboxylic acids is 1. The number of alkyl halides is 3. The van der Waals surface area contributed by atoms with Crippen molar-refractivity contribution in [2.75, 3.05) is 13.7 Å². The minimum Gasteiger partial charge on any atom is -0.383 e. The number of nitrogens with one attached hydrogen (secondary N) is 1. The van der Waals surface area contributed by atoms with Gasteiger partial charge in [-0.05, 0) is 25.1 Å². The molecular weight excluding hydrogens is 417 g/mol. The summed E-state index contributed by atoms with van der Waals surface area (Å²) in [4.78, 5) is 29.1. The summed E-state index contributed by atoms with van der Waals surface area (Å²) < 4.78 is 45.8. The van der Waals surface area contributed by atoms with Crippen LogP contribution in [-0.4, -0.2) is 50.2 Å². The molecule has 0 saturated heterocycles. The molecule has 0 fully saturated rings. The van der Waals surface area contributed by atoms with E-state index in [0.717, 1.165) is 16.9 Å². The van der Waals surface area contributed by atoms with Gasteiger partial charge >= 0.3 is 6.18 Å². The Morgan fingerprint density at radius 3 is 2.58 bits per heavy atom. The quantitative estimate of drug-likeness (QED) is 0.632. The van der Waals surface area contributed by atoms with Crippen molar-refractivity contribution in [2.45, 2.75) is 19.1 Å². The molecule has 1 amide bonds. The first-order valence-electron chi connectivity index (χ1n) is 9.07. The van der Waals surface area contributed by atoms with Crippen molar-refractivity contribution in [3.8, 4) is 16.9 Å². The van der Waals surface area contributed by atoms with Gasteiger partial charge in [-0.15, -0.1) is 0 Å². The minimum atomic E-state index is -4.59. The first kappa shape index (κ1) is 22.2. The van der Waals surface area contributed by atoms with Crippen LogP contribution in [0.5, 0.6) is 0 Å². The minimum absolute atomic E-state index is 0.0919. The summed E-state index contributed by atoms with van der Waals surface area (Å²) in [7, 11) is 3.11. The molecule has 31 heavy (non-hydrogen) atoms. The smallest absolute Gasteiger partial charge is 0.383 e. The lowest BCUT2D eigenvalue weighted by molar-refractivity contribution is -0.141. The lowest BCUT2D eigenvalue weighted by Gasteiger charge is -2.14. The van der Waals surface area contributed by atoms with E-state index in [4.69, 9.17) is 4.74 Å². The van der Waals surface area contributed by atoms with Crippen molar-refractivity contribution in [1.29, 1.82) is 0 Å². The van der Waals surface area contributed by atoms with Crippen molar-refractivity contribution >= 4 is 5.91 Å². The van der Waals surface area contributed by atoms with Gasteiger partial charge in [0.2, 0.25) is 0 Å². The number of amides is 1. The van der Waals surface area contributed by atoms with Gasteiger partial charge in [-0.25, -0.2) is 0 Å². The van der Waals surface area contributed by atoms with E-state index in [0.29, 0.717) is 0 Å². The molecule has 0 saturated carbocycles. The molecule has 164 valence electrons. The van der Waals surface area contributed by atoms with Crippen molar-refractivity contribution < 1.29 is 22.7 Å². The van der Waals surface area contributed by atoms with E-state index >= 15 is 0 Å². The van der Waals surface area contributed by atoms with Crippen LogP contribution in [0.4, 0.5) is 13.2 Å². The summed E-state index contributed by atoms with van der Waals surface area (Å²) in [5.74, 6) is -0.671. The van der Waals surface area contributed by atoms with Crippen molar-refractivity contribution in [3.63, 3.8) is 0 Å². The number of hydrogen-bond donors (Lipinski definition) is 1. The summed E-state index contributed by atoms with van der Waals surface area (Å²) in [5, 5.41) is 10.8. The van der Waals surface area contributed by atoms with E-state index in [1.807, 2.05) is 0 Å². The molecule has 1 atom stereocenters. The first-order valence-corrected chi connectivity index (χ1v) is 9.07. The van der Waals surface area contributed by atoms with Crippen LogP contribution in [0.3, 0.4) is 0 Å². The van der Waals surface area contributed by atoms with Gasteiger partial charge in [0.25, 0.3) is 11.5 Å². The number of aromatic nitrogens is 5. The average Bonchev–Trinajstić information content (AvgIpc) is 3.13. The molecule has 12 heteroatoms. The Morgan fingerprint density at radius 1 is 1.29 bits per heavy atom. The van der Waals surface area contributed by atoms with Gasteiger partial charge in [0.1, 0.15) is 16.9 Å². The standard InChI is InChI=1S/C19H19F3N6O3/c1-11(10-31-3)25-17(29)14-6-15(12-4-5-16(23-7-12)19(20,21)22)26-28(18(14)30)13-8-24-27(2)9-13/h4-9,11H,10H2,1-3H3,(H,25,29)/t11-/m0/s1. The molecule has 3 heterocycles. The highest BCUT2D eigenvalue weighted by Gasteiger charge is 2.32. The molecule has 0 aromatic carbocycles. The largest absolute Gasteiger partial charge is 0.433 e. The molecule has 3 aromatic heterocycles. The topological polar surface area (TPSA) is 104 Å². The van der Waals surface area contributed by atoms with Crippen LogP contribution >= 0.6 is 0 Å². The second-order valence-corrected chi connectivity index (χ2v) is 6.79. The van der Waals surface area contributed by atoms with Gasteiger partial charge in [-0.3, -0.25) is 19.3 Å². The molecule has 1 N–H and O–H groups in total. The summed E-state index contributed by atoms with van der Waals surface area (Å²) in [5.41, 5.74) is -1.44. The second kappa shape index (κ2) is 8.68. The number of carbonyl (C=O) groups is 1. The fourth-order valence-electron chi connectivity index (χ4n) is 2.80. The van der Waals surface area contributed by atoms with E-state index in [1.165, 1.54) is 36.3 Å². The van der Waals surface area contributed by atoms with Crippen molar-refractivity contribution in [1.82, 2.24) is 29.9 Å². The molecule has 0 aliphatic rings. The highest BCUT2D eigenvalue weighted by atomic mass is 19.4. The maximum Gasteiger partial charge on any atom is 0.433 e. The van der Waals surface area contributed by atoms with E-state index in [1.54, 1.807) is 14.0 Å². The van der Waals surface area contributed by atoms with Gasteiger partial charge in [0, 0.05) is 32.0 Å². The molecule has 3 rings (SSSR count). The SMILES string of the molecule is COC[C@H](C)NC(=O)c1cc(-c2ccc(C(F)(F)F)nc2)nn(-c2cnn(C)c2)c1=O. The Balaban J connectivity index is 2.11. The number of halogens is 3. The highest BCUT2D eigenvalue weighted by Crippen LogP contribution is 2.28. The average molecular weight is 436 g/mol. The lowest BCUT2D eigenvalue weighted by Crippen LogP contribution is -2.39. The van der Waals surface area contributed by atoms with Crippen molar-refractivity contribution in [3.05, 3.63) is 58.4 Å². The van der Waals surface area contributed by atoms with Crippen LogP contribution in [0.2, 0.25) is 0 Å². The molecule has 0 radical (unpaired) electrons. The number of hydrogen-bond acceptors (Lipinski definition) is 6. The molecule has 9 nitrogen and oxygen atoms in total. The van der Waals surface area contributed by atoms with E-state index in [-0.39, 0.29) is 35.2 Å². The number of methoxy groups -OCH3 is 1. The molecular formula is C19H19F3N6O3. The molecule has 0 aliphatic carbocycles. The maximum absolute atomic E-state index is 12.9. The number of ether oxygens (including phenoxy) is 1. The third kappa shape index (κ3) is 4.97. The van der Waals surface area contributed by atoms with E-state index in [9.17, 15) is 22.8 Å². The molecule has 0 spiro atoms. The number of rotatable bonds is 6. The Labute approximate surface area is 174 Å². The Morgan fingerprint density at radius 2 is 2.03 bits per heavy atom. The zero-order valence-electron chi connectivity index (χ0n) is 16.8. The third-order valence-electron chi connectivity index (χ3n) is 4.24. The summed E-state index contributed by atoms with van der Waals surface area (Å²) in [6, 6.07) is 2.81. The third-order valence-corrected chi connectivity index (χ3v) is 4.24. The highest BCUT2D eigenvalue weighted by molar-refractivity contribution is 5.95. The van der Waals surface area contributed by atoms with Crippen molar-refractivity contribution in [2.24, 2.45) is 7.05 Å². The van der Waals surface area contributed by atoms with Crippen LogP contribution in [-0.2, 0) is 18.0 Å². The first-order chi connectivity index (χ1) is 14.6. The monoisotopic (exact) mass is 436 g/mol. The van der Waals surface area contributed by atoms with E-state index in [2.05, 4.69) is 20.5 Å². The van der Waals surface area contributed by atoms with Crippen LogP contribution in [0.15, 0.2) is 41.6 Å². The predicted octanol–water partition coefficient (Wildman–Crippen LogP) is 1.81. The zero-order chi connectivity index (χ0) is 22.8. The fraction of sp³-hybridized carbons (Fsp3) is 0.316. The van der Waals surface area contributed by atoms with Crippen LogP contribution < -0.4 is 10.9 Å². The summed E-state index contributed by atoms with van der Waals surface area (Å²) >= 11 is 0. The van der Waals surface area contributed by atoms with Gasteiger partial charge in [-0.1, -0.05) is 0 Å². The summed E-state index contributed by atoms with van der Waals surface area (Å²) in [6.45, 7) is 1.92. The molecule has 0 unspecified atom stereocenters.